The molecule has 1 heterocycles. The van der Waals surface area contributed by atoms with Crippen LogP contribution in [0.15, 0.2) is 30.3 Å². The van der Waals surface area contributed by atoms with E-state index in [4.69, 9.17) is 14.2 Å². The third-order valence-corrected chi connectivity index (χ3v) is 7.35. The highest BCUT2D eigenvalue weighted by Gasteiger charge is 2.45. The SMILES string of the molecule is O=C(CCCSSCCCC(=O)OCC(F)(F)F)OC[C@H]1O[C@@H](Oc2ccccc2)[C@H](O)[C@@H](O)[C@@H]1O. The predicted molar refractivity (Wildman–Crippen MR) is 125 cm³/mol. The van der Waals surface area contributed by atoms with Crippen molar-refractivity contribution in [1.29, 1.82) is 0 Å². The van der Waals surface area contributed by atoms with E-state index in [-0.39, 0.29) is 19.4 Å². The number of hydrogen-bond donors (Lipinski definition) is 3. The fourth-order valence-electron chi connectivity index (χ4n) is 2.94. The number of para-hydroxylation sites is 1. The lowest BCUT2D eigenvalue weighted by Crippen LogP contribution is -2.60. The van der Waals surface area contributed by atoms with Crippen LogP contribution >= 0.6 is 21.6 Å². The Morgan fingerprint density at radius 2 is 1.47 bits per heavy atom. The van der Waals surface area contributed by atoms with Crippen molar-refractivity contribution in [3.8, 4) is 5.75 Å². The van der Waals surface area contributed by atoms with E-state index >= 15 is 0 Å². The molecule has 0 aromatic heterocycles. The van der Waals surface area contributed by atoms with Gasteiger partial charge in [-0.2, -0.15) is 13.2 Å². The molecular weight excluding hydrogens is 529 g/mol. The maximum atomic E-state index is 12.0. The minimum absolute atomic E-state index is 0.0925. The summed E-state index contributed by atoms with van der Waals surface area (Å²) in [5.74, 6) is 0.0852. The summed E-state index contributed by atoms with van der Waals surface area (Å²) in [6, 6.07) is 8.46. The number of hydrogen-bond acceptors (Lipinski definition) is 11. The summed E-state index contributed by atoms with van der Waals surface area (Å²) >= 11 is 0. The van der Waals surface area contributed by atoms with Crippen molar-refractivity contribution in [3.05, 3.63) is 30.3 Å². The van der Waals surface area contributed by atoms with E-state index in [1.807, 2.05) is 0 Å². The molecule has 0 spiro atoms. The summed E-state index contributed by atoms with van der Waals surface area (Å²) < 4.78 is 56.1. The van der Waals surface area contributed by atoms with Crippen molar-refractivity contribution in [3.63, 3.8) is 0 Å². The van der Waals surface area contributed by atoms with Crippen LogP contribution in [-0.4, -0.2) is 88.9 Å². The van der Waals surface area contributed by atoms with Gasteiger partial charge in [-0.1, -0.05) is 39.8 Å². The quantitative estimate of drug-likeness (QED) is 0.177. The lowest BCUT2D eigenvalue weighted by Gasteiger charge is -2.39. The van der Waals surface area contributed by atoms with Crippen LogP contribution in [0.4, 0.5) is 13.2 Å². The molecule has 0 amide bonds. The van der Waals surface area contributed by atoms with E-state index in [0.717, 1.165) is 0 Å². The first-order valence-corrected chi connectivity index (χ1v) is 13.6. The standard InChI is InChI=1S/C22H29F3O9S2/c23-22(24,25)13-32-17(27)9-5-11-36-35-10-4-8-16(26)31-12-15-18(28)19(29)20(30)21(34-15)33-14-6-2-1-3-7-14/h1-3,6-7,15,18-21,28-30H,4-5,8-13H2/t15-,18-,19+,20-,21-/m1/s1. The molecule has 1 aliphatic heterocycles. The number of aliphatic hydroxyl groups excluding tert-OH is 3. The molecule has 3 N–H and O–H groups in total. The molecule has 36 heavy (non-hydrogen) atoms. The number of carbonyl (C=O) groups is 2. The van der Waals surface area contributed by atoms with Gasteiger partial charge in [0.05, 0.1) is 0 Å². The van der Waals surface area contributed by atoms with E-state index in [1.165, 1.54) is 21.6 Å². The van der Waals surface area contributed by atoms with Crippen molar-refractivity contribution >= 4 is 33.5 Å². The topological polar surface area (TPSA) is 132 Å². The van der Waals surface area contributed by atoms with E-state index in [0.29, 0.717) is 30.1 Å². The molecule has 1 aliphatic rings. The highest BCUT2D eigenvalue weighted by Crippen LogP contribution is 2.26. The molecule has 5 atom stereocenters. The van der Waals surface area contributed by atoms with Gasteiger partial charge in [-0.3, -0.25) is 9.59 Å². The first-order chi connectivity index (χ1) is 17.1. The number of carbonyl (C=O) groups excluding carboxylic acids is 2. The third-order valence-electron chi connectivity index (χ3n) is 4.77. The van der Waals surface area contributed by atoms with Crippen LogP contribution in [0.3, 0.4) is 0 Å². The Hall–Kier alpha value is -1.71. The van der Waals surface area contributed by atoms with Crippen molar-refractivity contribution < 1.29 is 57.0 Å². The van der Waals surface area contributed by atoms with Crippen LogP contribution in [0, 0.1) is 0 Å². The predicted octanol–water partition coefficient (Wildman–Crippen LogP) is 2.46. The molecule has 0 saturated carbocycles. The van der Waals surface area contributed by atoms with Gasteiger partial charge >= 0.3 is 18.1 Å². The third kappa shape index (κ3) is 11.6. The number of halogens is 3. The number of ether oxygens (including phenoxy) is 4. The molecule has 0 bridgehead atoms. The first kappa shape index (κ1) is 30.5. The van der Waals surface area contributed by atoms with Gasteiger partial charge in [0.2, 0.25) is 6.29 Å². The minimum atomic E-state index is -4.53. The lowest BCUT2D eigenvalue weighted by molar-refractivity contribution is -0.278. The number of esters is 2. The summed E-state index contributed by atoms with van der Waals surface area (Å²) in [7, 11) is 2.87. The van der Waals surface area contributed by atoms with Crippen LogP contribution in [0.2, 0.25) is 0 Å². The first-order valence-electron chi connectivity index (χ1n) is 11.1. The molecule has 204 valence electrons. The van der Waals surface area contributed by atoms with Crippen LogP contribution in [-0.2, 0) is 23.8 Å². The average Bonchev–Trinajstić information content (AvgIpc) is 2.84. The second-order valence-corrected chi connectivity index (χ2v) is 10.5. The van der Waals surface area contributed by atoms with Gasteiger partial charge in [0, 0.05) is 24.3 Å². The molecule has 9 nitrogen and oxygen atoms in total. The summed E-state index contributed by atoms with van der Waals surface area (Å²) in [5, 5.41) is 30.4. The molecule has 14 heteroatoms. The average molecular weight is 559 g/mol. The summed E-state index contributed by atoms with van der Waals surface area (Å²) in [5.41, 5.74) is 0. The molecule has 0 unspecified atom stereocenters. The zero-order chi connectivity index (χ0) is 26.6. The molecule has 0 aliphatic carbocycles. The Balaban J connectivity index is 1.57. The Labute approximate surface area is 214 Å². The molecule has 1 saturated heterocycles. The fourth-order valence-corrected chi connectivity index (χ4v) is 5.11. The Morgan fingerprint density at radius 3 is 2.06 bits per heavy atom. The Kier molecular flexibility index (Phi) is 13.2. The van der Waals surface area contributed by atoms with Crippen LogP contribution in [0.25, 0.3) is 0 Å². The minimum Gasteiger partial charge on any atom is -0.463 e. The van der Waals surface area contributed by atoms with Gasteiger partial charge in [0.15, 0.2) is 6.61 Å². The summed E-state index contributed by atoms with van der Waals surface area (Å²) in [6.07, 6.45) is -10.6. The molecule has 1 aromatic rings. The Bertz CT molecular complexity index is 801. The lowest BCUT2D eigenvalue weighted by atomic mass is 9.99. The zero-order valence-electron chi connectivity index (χ0n) is 19.2. The van der Waals surface area contributed by atoms with Crippen molar-refractivity contribution in [1.82, 2.24) is 0 Å². The fraction of sp³-hybridized carbons (Fsp3) is 0.636. The molecular formula is C22H29F3O9S2. The van der Waals surface area contributed by atoms with Gasteiger partial charge in [-0.25, -0.2) is 0 Å². The highest BCUT2D eigenvalue weighted by molar-refractivity contribution is 8.76. The number of rotatable bonds is 14. The second kappa shape index (κ2) is 15.5. The van der Waals surface area contributed by atoms with E-state index in [2.05, 4.69) is 4.74 Å². The normalized spacial score (nSPS) is 24.2. The van der Waals surface area contributed by atoms with E-state index < -0.39 is 55.4 Å². The summed E-state index contributed by atoms with van der Waals surface area (Å²) in [6.45, 7) is -1.93. The second-order valence-electron chi connectivity index (χ2n) is 7.76. The number of benzene rings is 1. The molecule has 1 aromatic carbocycles. The monoisotopic (exact) mass is 558 g/mol. The van der Waals surface area contributed by atoms with Crippen LogP contribution in [0.5, 0.6) is 5.75 Å². The van der Waals surface area contributed by atoms with E-state index in [1.54, 1.807) is 30.3 Å². The molecule has 2 rings (SSSR count). The van der Waals surface area contributed by atoms with Crippen molar-refractivity contribution in [2.75, 3.05) is 24.7 Å². The van der Waals surface area contributed by atoms with Gasteiger partial charge in [0.25, 0.3) is 0 Å². The maximum absolute atomic E-state index is 12.0. The maximum Gasteiger partial charge on any atom is 0.422 e. The number of alkyl halides is 3. The molecule has 1 fully saturated rings. The Morgan fingerprint density at radius 1 is 0.889 bits per heavy atom. The van der Waals surface area contributed by atoms with E-state index in [9.17, 15) is 38.1 Å². The van der Waals surface area contributed by atoms with Crippen LogP contribution in [0.1, 0.15) is 25.7 Å². The molecule has 0 radical (unpaired) electrons. The van der Waals surface area contributed by atoms with Crippen LogP contribution < -0.4 is 4.74 Å². The van der Waals surface area contributed by atoms with Crippen molar-refractivity contribution in [2.24, 2.45) is 0 Å². The van der Waals surface area contributed by atoms with Gasteiger partial charge < -0.3 is 34.3 Å². The number of aliphatic hydroxyl groups is 3. The van der Waals surface area contributed by atoms with Gasteiger partial charge in [-0.15, -0.1) is 0 Å². The van der Waals surface area contributed by atoms with Gasteiger partial charge in [0.1, 0.15) is 36.8 Å². The van der Waals surface area contributed by atoms with Gasteiger partial charge in [-0.05, 0) is 25.0 Å². The van der Waals surface area contributed by atoms with Crippen molar-refractivity contribution in [2.45, 2.75) is 62.6 Å². The largest absolute Gasteiger partial charge is 0.463 e. The summed E-state index contributed by atoms with van der Waals surface area (Å²) in [4.78, 5) is 23.2. The highest BCUT2D eigenvalue weighted by atomic mass is 33.1. The smallest absolute Gasteiger partial charge is 0.422 e. The zero-order valence-corrected chi connectivity index (χ0v) is 20.8.